The Bertz CT molecular complexity index is 971. The Hall–Kier alpha value is -3.44. The average Bonchev–Trinajstić information content (AvgIpc) is 2.92. The number of para-hydroxylation sites is 1. The highest BCUT2D eigenvalue weighted by atomic mass is 19.4. The summed E-state index contributed by atoms with van der Waals surface area (Å²) >= 11 is 0. The molecule has 2 aromatic rings. The van der Waals surface area contributed by atoms with Gasteiger partial charge >= 0.3 is 11.9 Å². The highest BCUT2D eigenvalue weighted by Crippen LogP contribution is 2.34. The van der Waals surface area contributed by atoms with Gasteiger partial charge in [-0.05, 0) is 32.9 Å². The zero-order valence-corrected chi connectivity index (χ0v) is 16.5. The number of aromatic nitrogens is 2. The summed E-state index contributed by atoms with van der Waals surface area (Å²) in [6.45, 7) is 3.76. The SMILES string of the molecule is CCN(CC(=O)Nc1ccccc1C(F)(F)F)C(=O)Cn1nc(C)c([N+](=O)[O-])c1C. The van der Waals surface area contributed by atoms with Gasteiger partial charge in [0.2, 0.25) is 11.8 Å². The molecule has 0 radical (unpaired) electrons. The van der Waals surface area contributed by atoms with Gasteiger partial charge in [0, 0.05) is 6.54 Å². The second-order valence-corrected chi connectivity index (χ2v) is 6.43. The summed E-state index contributed by atoms with van der Waals surface area (Å²) in [4.78, 5) is 36.4. The molecular formula is C18H20F3N5O4. The van der Waals surface area contributed by atoms with Crippen LogP contribution in [0.25, 0.3) is 0 Å². The number of anilines is 1. The van der Waals surface area contributed by atoms with Crippen molar-refractivity contribution in [1.29, 1.82) is 0 Å². The fourth-order valence-electron chi connectivity index (χ4n) is 2.91. The summed E-state index contributed by atoms with van der Waals surface area (Å²) in [5.41, 5.74) is -1.27. The van der Waals surface area contributed by atoms with Gasteiger partial charge < -0.3 is 10.2 Å². The lowest BCUT2D eigenvalue weighted by atomic mass is 10.1. The van der Waals surface area contributed by atoms with Gasteiger partial charge in [-0.1, -0.05) is 12.1 Å². The molecule has 0 aliphatic rings. The molecule has 1 N–H and O–H groups in total. The molecule has 1 aromatic carbocycles. The summed E-state index contributed by atoms with van der Waals surface area (Å²) in [5.74, 6) is -1.36. The third kappa shape index (κ3) is 5.13. The molecule has 2 amide bonds. The number of hydrogen-bond acceptors (Lipinski definition) is 5. The maximum atomic E-state index is 13.1. The quantitative estimate of drug-likeness (QED) is 0.540. The highest BCUT2D eigenvalue weighted by Gasteiger charge is 2.33. The van der Waals surface area contributed by atoms with E-state index in [4.69, 9.17) is 0 Å². The van der Waals surface area contributed by atoms with E-state index < -0.39 is 40.7 Å². The number of likely N-dealkylation sites (N-methyl/N-ethyl adjacent to an activating group) is 1. The molecule has 30 heavy (non-hydrogen) atoms. The number of benzene rings is 1. The van der Waals surface area contributed by atoms with Gasteiger partial charge in [-0.3, -0.25) is 24.4 Å². The summed E-state index contributed by atoms with van der Waals surface area (Å²) < 4.78 is 40.3. The summed E-state index contributed by atoms with van der Waals surface area (Å²) in [7, 11) is 0. The zero-order chi connectivity index (χ0) is 22.6. The van der Waals surface area contributed by atoms with Crippen LogP contribution in [0.1, 0.15) is 23.9 Å². The Morgan fingerprint density at radius 2 is 1.90 bits per heavy atom. The Morgan fingerprint density at radius 1 is 1.27 bits per heavy atom. The molecule has 0 spiro atoms. The van der Waals surface area contributed by atoms with Crippen molar-refractivity contribution in [1.82, 2.24) is 14.7 Å². The summed E-state index contributed by atoms with van der Waals surface area (Å²) in [5, 5.41) is 17.2. The van der Waals surface area contributed by atoms with Crippen LogP contribution in [0.15, 0.2) is 24.3 Å². The lowest BCUT2D eigenvalue weighted by Gasteiger charge is -2.21. The van der Waals surface area contributed by atoms with Crippen LogP contribution in [0.4, 0.5) is 24.5 Å². The van der Waals surface area contributed by atoms with Crippen molar-refractivity contribution in [3.63, 3.8) is 0 Å². The number of carbonyl (C=O) groups excluding carboxylic acids is 2. The van der Waals surface area contributed by atoms with Crippen LogP contribution in [0.3, 0.4) is 0 Å². The van der Waals surface area contributed by atoms with Gasteiger partial charge in [0.1, 0.15) is 17.9 Å². The molecule has 9 nitrogen and oxygen atoms in total. The number of nitro groups is 1. The third-order valence-corrected chi connectivity index (χ3v) is 4.39. The Morgan fingerprint density at radius 3 is 2.43 bits per heavy atom. The predicted molar refractivity (Wildman–Crippen MR) is 101 cm³/mol. The third-order valence-electron chi connectivity index (χ3n) is 4.39. The number of amides is 2. The van der Waals surface area contributed by atoms with E-state index in [1.165, 1.54) is 26.0 Å². The fourth-order valence-corrected chi connectivity index (χ4v) is 2.91. The molecule has 0 atom stereocenters. The molecule has 0 bridgehead atoms. The largest absolute Gasteiger partial charge is 0.418 e. The predicted octanol–water partition coefficient (Wildman–Crippen LogP) is 2.91. The Kier molecular flexibility index (Phi) is 6.80. The number of aryl methyl sites for hydroxylation is 1. The molecule has 0 unspecified atom stereocenters. The Labute approximate surface area is 169 Å². The lowest BCUT2D eigenvalue weighted by Crippen LogP contribution is -2.40. The number of nitrogens with one attached hydrogen (secondary N) is 1. The maximum Gasteiger partial charge on any atom is 0.418 e. The van der Waals surface area contributed by atoms with Crippen LogP contribution in [-0.4, -0.2) is 44.5 Å². The normalized spacial score (nSPS) is 11.3. The van der Waals surface area contributed by atoms with Crippen molar-refractivity contribution in [2.24, 2.45) is 0 Å². The molecule has 2 rings (SSSR count). The topological polar surface area (TPSA) is 110 Å². The van der Waals surface area contributed by atoms with E-state index in [-0.39, 0.29) is 30.2 Å². The van der Waals surface area contributed by atoms with Crippen LogP contribution in [0.2, 0.25) is 0 Å². The number of alkyl halides is 3. The van der Waals surface area contributed by atoms with Crippen LogP contribution in [0, 0.1) is 24.0 Å². The summed E-state index contributed by atoms with van der Waals surface area (Å²) in [6, 6.07) is 4.51. The molecule has 1 aromatic heterocycles. The molecule has 0 aliphatic heterocycles. The monoisotopic (exact) mass is 427 g/mol. The number of carbonyl (C=O) groups is 2. The standard InChI is InChI=1S/C18H20F3N5O4/c1-4-24(16(28)10-25-12(3)17(26(29)30)11(2)23-25)9-15(27)22-14-8-6-5-7-13(14)18(19,20)21/h5-8H,4,9-10H2,1-3H3,(H,22,27). The molecule has 0 saturated heterocycles. The van der Waals surface area contributed by atoms with E-state index in [9.17, 15) is 32.9 Å². The number of rotatable bonds is 7. The minimum atomic E-state index is -4.64. The van der Waals surface area contributed by atoms with Crippen molar-refractivity contribution >= 4 is 23.2 Å². The highest BCUT2D eigenvalue weighted by molar-refractivity contribution is 5.95. The van der Waals surface area contributed by atoms with E-state index in [0.717, 1.165) is 21.7 Å². The van der Waals surface area contributed by atoms with E-state index in [1.54, 1.807) is 6.92 Å². The fraction of sp³-hybridized carbons (Fsp3) is 0.389. The van der Waals surface area contributed by atoms with Crippen molar-refractivity contribution < 1.29 is 27.7 Å². The summed E-state index contributed by atoms with van der Waals surface area (Å²) in [6.07, 6.45) is -4.64. The van der Waals surface area contributed by atoms with E-state index in [2.05, 4.69) is 10.4 Å². The van der Waals surface area contributed by atoms with Gasteiger partial charge in [0.05, 0.1) is 22.7 Å². The average molecular weight is 427 g/mol. The maximum absolute atomic E-state index is 13.1. The van der Waals surface area contributed by atoms with Crippen molar-refractivity contribution in [2.45, 2.75) is 33.5 Å². The molecule has 1 heterocycles. The molecular weight excluding hydrogens is 407 g/mol. The van der Waals surface area contributed by atoms with Gasteiger partial charge in [-0.25, -0.2) is 0 Å². The first-order chi connectivity index (χ1) is 14.0. The molecule has 0 fully saturated rings. The molecule has 162 valence electrons. The zero-order valence-electron chi connectivity index (χ0n) is 16.5. The number of hydrogen-bond donors (Lipinski definition) is 1. The van der Waals surface area contributed by atoms with Crippen LogP contribution in [-0.2, 0) is 22.3 Å². The van der Waals surface area contributed by atoms with Crippen LogP contribution in [0.5, 0.6) is 0 Å². The first-order valence-corrected chi connectivity index (χ1v) is 8.88. The van der Waals surface area contributed by atoms with E-state index in [1.807, 2.05) is 0 Å². The van der Waals surface area contributed by atoms with E-state index in [0.29, 0.717) is 0 Å². The van der Waals surface area contributed by atoms with Crippen LogP contribution < -0.4 is 5.32 Å². The van der Waals surface area contributed by atoms with Crippen molar-refractivity contribution in [2.75, 3.05) is 18.4 Å². The lowest BCUT2D eigenvalue weighted by molar-refractivity contribution is -0.386. The smallest absolute Gasteiger partial charge is 0.332 e. The Balaban J connectivity index is 2.11. The molecule has 12 heteroatoms. The van der Waals surface area contributed by atoms with Gasteiger partial charge in [-0.2, -0.15) is 18.3 Å². The van der Waals surface area contributed by atoms with Crippen molar-refractivity contribution in [3.8, 4) is 0 Å². The number of halogens is 3. The molecule has 0 aliphatic carbocycles. The second-order valence-electron chi connectivity index (χ2n) is 6.43. The first kappa shape index (κ1) is 22.8. The minimum Gasteiger partial charge on any atom is -0.332 e. The van der Waals surface area contributed by atoms with E-state index >= 15 is 0 Å². The minimum absolute atomic E-state index is 0.106. The van der Waals surface area contributed by atoms with Crippen molar-refractivity contribution in [3.05, 3.63) is 51.3 Å². The molecule has 0 saturated carbocycles. The van der Waals surface area contributed by atoms with Gasteiger partial charge in [0.25, 0.3) is 0 Å². The van der Waals surface area contributed by atoms with Gasteiger partial charge in [-0.15, -0.1) is 0 Å². The number of nitrogens with zero attached hydrogens (tertiary/aromatic N) is 4. The first-order valence-electron chi connectivity index (χ1n) is 8.88. The van der Waals surface area contributed by atoms with Gasteiger partial charge in [0.15, 0.2) is 0 Å². The second kappa shape index (κ2) is 8.93. The van der Waals surface area contributed by atoms with Crippen LogP contribution >= 0.6 is 0 Å².